The van der Waals surface area contributed by atoms with Gasteiger partial charge in [0.05, 0.1) is 12.1 Å². The topological polar surface area (TPSA) is 98.2 Å². The highest BCUT2D eigenvalue weighted by Gasteiger charge is 2.20. The van der Waals surface area contributed by atoms with Gasteiger partial charge in [0.2, 0.25) is 5.91 Å². The second-order valence-corrected chi connectivity index (χ2v) is 5.25. The first-order valence-electron chi connectivity index (χ1n) is 7.35. The minimum Gasteiger partial charge on any atom is -0.345 e. The van der Waals surface area contributed by atoms with Crippen molar-refractivity contribution in [3.63, 3.8) is 0 Å². The first-order chi connectivity index (χ1) is 10.0. The SMILES string of the molecule is CC(=O)C(CCCCN)NC(=O)[C@@H](N)Cc1ccccc1. The second-order valence-electron chi connectivity index (χ2n) is 5.25. The van der Waals surface area contributed by atoms with E-state index in [0.717, 1.165) is 18.4 Å². The Morgan fingerprint density at radius 3 is 2.43 bits per heavy atom. The van der Waals surface area contributed by atoms with Crippen molar-refractivity contribution in [1.82, 2.24) is 5.32 Å². The van der Waals surface area contributed by atoms with E-state index in [-0.39, 0.29) is 11.7 Å². The molecule has 1 aromatic carbocycles. The summed E-state index contributed by atoms with van der Waals surface area (Å²) >= 11 is 0. The summed E-state index contributed by atoms with van der Waals surface area (Å²) in [5.74, 6) is -0.334. The Morgan fingerprint density at radius 1 is 1.19 bits per heavy atom. The highest BCUT2D eigenvalue weighted by molar-refractivity contribution is 5.89. The van der Waals surface area contributed by atoms with Gasteiger partial charge in [0.25, 0.3) is 0 Å². The largest absolute Gasteiger partial charge is 0.345 e. The summed E-state index contributed by atoms with van der Waals surface area (Å²) in [6.45, 7) is 2.07. The van der Waals surface area contributed by atoms with Gasteiger partial charge in [-0.2, -0.15) is 0 Å². The molecular formula is C16H25N3O2. The van der Waals surface area contributed by atoms with Crippen molar-refractivity contribution >= 4 is 11.7 Å². The Morgan fingerprint density at radius 2 is 1.86 bits per heavy atom. The summed E-state index contributed by atoms with van der Waals surface area (Å²) in [6, 6.07) is 8.47. The lowest BCUT2D eigenvalue weighted by atomic mass is 10.0. The predicted octanol–water partition coefficient (Wildman–Crippen LogP) is 0.759. The predicted molar refractivity (Wildman–Crippen MR) is 83.6 cm³/mol. The van der Waals surface area contributed by atoms with Crippen LogP contribution in [0, 0.1) is 0 Å². The van der Waals surface area contributed by atoms with E-state index in [1.54, 1.807) is 0 Å². The van der Waals surface area contributed by atoms with Crippen LogP contribution in [0.3, 0.4) is 0 Å². The quantitative estimate of drug-likeness (QED) is 0.585. The van der Waals surface area contributed by atoms with Crippen LogP contribution in [0.25, 0.3) is 0 Å². The van der Waals surface area contributed by atoms with Crippen molar-refractivity contribution in [3.8, 4) is 0 Å². The van der Waals surface area contributed by atoms with E-state index in [0.29, 0.717) is 19.4 Å². The number of rotatable bonds is 9. The van der Waals surface area contributed by atoms with Gasteiger partial charge in [-0.05, 0) is 44.7 Å². The fourth-order valence-corrected chi connectivity index (χ4v) is 2.11. The molecule has 0 heterocycles. The number of carbonyl (C=O) groups is 2. The molecule has 0 fully saturated rings. The molecule has 116 valence electrons. The van der Waals surface area contributed by atoms with Crippen LogP contribution in [0.4, 0.5) is 0 Å². The van der Waals surface area contributed by atoms with Gasteiger partial charge in [0.1, 0.15) is 0 Å². The Bertz CT molecular complexity index is 448. The fourth-order valence-electron chi connectivity index (χ4n) is 2.11. The molecular weight excluding hydrogens is 266 g/mol. The van der Waals surface area contributed by atoms with Crippen LogP contribution < -0.4 is 16.8 Å². The number of nitrogens with one attached hydrogen (secondary N) is 1. The van der Waals surface area contributed by atoms with Crippen LogP contribution in [0.15, 0.2) is 30.3 Å². The monoisotopic (exact) mass is 291 g/mol. The molecule has 0 aliphatic carbocycles. The average molecular weight is 291 g/mol. The highest BCUT2D eigenvalue weighted by atomic mass is 16.2. The number of nitrogens with two attached hydrogens (primary N) is 2. The zero-order valence-electron chi connectivity index (χ0n) is 12.5. The van der Waals surface area contributed by atoms with Crippen molar-refractivity contribution < 1.29 is 9.59 Å². The maximum atomic E-state index is 12.1. The van der Waals surface area contributed by atoms with Crippen molar-refractivity contribution in [2.45, 2.75) is 44.7 Å². The van der Waals surface area contributed by atoms with E-state index < -0.39 is 12.1 Å². The van der Waals surface area contributed by atoms with Crippen LogP contribution in [-0.2, 0) is 16.0 Å². The zero-order chi connectivity index (χ0) is 15.7. The first kappa shape index (κ1) is 17.3. The minimum absolute atomic E-state index is 0.0488. The molecule has 0 saturated heterocycles. The van der Waals surface area contributed by atoms with Crippen LogP contribution in [0.5, 0.6) is 0 Å². The van der Waals surface area contributed by atoms with Gasteiger partial charge in [0, 0.05) is 0 Å². The number of unbranched alkanes of at least 4 members (excludes halogenated alkanes) is 1. The Balaban J connectivity index is 2.50. The maximum Gasteiger partial charge on any atom is 0.237 e. The number of amides is 1. The maximum absolute atomic E-state index is 12.1. The molecule has 0 spiro atoms. The Kier molecular flexibility index (Phi) is 7.64. The van der Waals surface area contributed by atoms with E-state index >= 15 is 0 Å². The number of benzene rings is 1. The molecule has 0 aliphatic heterocycles. The Hall–Kier alpha value is -1.72. The van der Waals surface area contributed by atoms with Gasteiger partial charge in [-0.25, -0.2) is 0 Å². The normalized spacial score (nSPS) is 13.5. The second kappa shape index (κ2) is 9.26. The molecule has 0 aromatic heterocycles. The number of hydrogen-bond acceptors (Lipinski definition) is 4. The molecule has 1 aromatic rings. The lowest BCUT2D eigenvalue weighted by Crippen LogP contribution is -2.48. The van der Waals surface area contributed by atoms with Gasteiger partial charge < -0.3 is 16.8 Å². The third-order valence-electron chi connectivity index (χ3n) is 3.39. The first-order valence-corrected chi connectivity index (χ1v) is 7.35. The number of ketones is 1. The smallest absolute Gasteiger partial charge is 0.237 e. The summed E-state index contributed by atoms with van der Waals surface area (Å²) in [5.41, 5.74) is 12.3. The summed E-state index contributed by atoms with van der Waals surface area (Å²) in [6.07, 6.45) is 2.72. The van der Waals surface area contributed by atoms with Crippen LogP contribution >= 0.6 is 0 Å². The summed E-state index contributed by atoms with van der Waals surface area (Å²) in [4.78, 5) is 23.6. The standard InChI is InChI=1S/C16H25N3O2/c1-12(20)15(9-5-6-10-17)19-16(21)14(18)11-13-7-3-2-4-8-13/h2-4,7-8,14-15H,5-6,9-11,17-18H2,1H3,(H,19,21)/t14-,15?/m0/s1. The Labute approximate surface area is 126 Å². The molecule has 5 N–H and O–H groups in total. The van der Waals surface area contributed by atoms with Gasteiger partial charge in [-0.1, -0.05) is 30.3 Å². The summed E-state index contributed by atoms with van der Waals surface area (Å²) in [5, 5.41) is 2.74. The van der Waals surface area contributed by atoms with Crippen molar-refractivity contribution in [2.75, 3.05) is 6.54 Å². The molecule has 2 atom stereocenters. The van der Waals surface area contributed by atoms with E-state index in [4.69, 9.17) is 11.5 Å². The van der Waals surface area contributed by atoms with Crippen LogP contribution in [0.2, 0.25) is 0 Å². The minimum atomic E-state index is -0.649. The number of carbonyl (C=O) groups excluding carboxylic acids is 2. The van der Waals surface area contributed by atoms with E-state index in [1.165, 1.54) is 6.92 Å². The van der Waals surface area contributed by atoms with Gasteiger partial charge in [-0.15, -0.1) is 0 Å². The van der Waals surface area contributed by atoms with E-state index in [9.17, 15) is 9.59 Å². The zero-order valence-corrected chi connectivity index (χ0v) is 12.5. The summed E-state index contributed by atoms with van der Waals surface area (Å²) < 4.78 is 0. The fraction of sp³-hybridized carbons (Fsp3) is 0.500. The van der Waals surface area contributed by atoms with Gasteiger partial charge >= 0.3 is 0 Å². The molecule has 21 heavy (non-hydrogen) atoms. The number of Topliss-reactive ketones (excluding diaryl/α,β-unsaturated/α-hetero) is 1. The molecule has 5 nitrogen and oxygen atoms in total. The molecule has 0 saturated carbocycles. The molecule has 0 radical (unpaired) electrons. The molecule has 1 rings (SSSR count). The molecule has 1 amide bonds. The average Bonchev–Trinajstić information content (AvgIpc) is 2.47. The molecule has 0 bridgehead atoms. The van der Waals surface area contributed by atoms with Crippen molar-refractivity contribution in [2.24, 2.45) is 11.5 Å². The van der Waals surface area contributed by atoms with Crippen molar-refractivity contribution in [1.29, 1.82) is 0 Å². The molecule has 1 unspecified atom stereocenters. The van der Waals surface area contributed by atoms with Gasteiger partial charge in [-0.3, -0.25) is 9.59 Å². The lowest BCUT2D eigenvalue weighted by molar-refractivity contribution is -0.127. The third-order valence-corrected chi connectivity index (χ3v) is 3.39. The van der Waals surface area contributed by atoms with E-state index in [1.807, 2.05) is 30.3 Å². The number of hydrogen-bond donors (Lipinski definition) is 3. The van der Waals surface area contributed by atoms with Crippen LogP contribution in [-0.4, -0.2) is 30.3 Å². The third kappa shape index (κ3) is 6.51. The highest BCUT2D eigenvalue weighted by Crippen LogP contribution is 2.05. The molecule has 0 aliphatic rings. The van der Waals surface area contributed by atoms with Gasteiger partial charge in [0.15, 0.2) is 5.78 Å². The molecule has 5 heteroatoms. The lowest BCUT2D eigenvalue weighted by Gasteiger charge is -2.19. The van der Waals surface area contributed by atoms with E-state index in [2.05, 4.69) is 5.32 Å². The summed E-state index contributed by atoms with van der Waals surface area (Å²) in [7, 11) is 0. The van der Waals surface area contributed by atoms with Crippen molar-refractivity contribution in [3.05, 3.63) is 35.9 Å². The van der Waals surface area contributed by atoms with Crippen LogP contribution in [0.1, 0.15) is 31.7 Å².